The van der Waals surface area contributed by atoms with E-state index in [4.69, 9.17) is 16.3 Å². The van der Waals surface area contributed by atoms with Crippen molar-refractivity contribution in [3.63, 3.8) is 0 Å². The van der Waals surface area contributed by atoms with Crippen LogP contribution in [-0.4, -0.2) is 40.2 Å². The van der Waals surface area contributed by atoms with Gasteiger partial charge >= 0.3 is 0 Å². The topological polar surface area (TPSA) is 69.9 Å². The first kappa shape index (κ1) is 20.3. The van der Waals surface area contributed by atoms with Gasteiger partial charge in [0.2, 0.25) is 0 Å². The van der Waals surface area contributed by atoms with E-state index in [0.717, 1.165) is 23.1 Å². The molecule has 2 aromatic rings. The molecule has 5 atom stereocenters. The SMILES string of the molecule is CCc1ccc(Cc2cc(C3O[C@H](CO)[C@@H](O)[C@H](C)[C@H]3O)ccc2Cl)cc1. The normalized spacial score (nSPS) is 28.3. The largest absolute Gasteiger partial charge is 0.394 e. The highest BCUT2D eigenvalue weighted by Crippen LogP contribution is 2.36. The molecule has 27 heavy (non-hydrogen) atoms. The number of rotatable bonds is 5. The van der Waals surface area contributed by atoms with Crippen molar-refractivity contribution in [2.75, 3.05) is 6.61 Å². The van der Waals surface area contributed by atoms with Gasteiger partial charge in [-0.15, -0.1) is 0 Å². The van der Waals surface area contributed by atoms with E-state index in [1.54, 1.807) is 6.92 Å². The quantitative estimate of drug-likeness (QED) is 0.732. The summed E-state index contributed by atoms with van der Waals surface area (Å²) in [5.41, 5.74) is 4.20. The summed E-state index contributed by atoms with van der Waals surface area (Å²) < 4.78 is 5.80. The molecule has 0 saturated carbocycles. The third-order valence-electron chi connectivity index (χ3n) is 5.49. The van der Waals surface area contributed by atoms with Crippen molar-refractivity contribution in [2.24, 2.45) is 5.92 Å². The van der Waals surface area contributed by atoms with Crippen molar-refractivity contribution in [1.82, 2.24) is 0 Å². The molecule has 1 unspecified atom stereocenters. The molecule has 1 heterocycles. The number of hydrogen-bond acceptors (Lipinski definition) is 4. The molecule has 0 radical (unpaired) electrons. The summed E-state index contributed by atoms with van der Waals surface area (Å²) in [6.45, 7) is 3.60. The zero-order valence-corrected chi connectivity index (χ0v) is 16.4. The number of ether oxygens (including phenoxy) is 1. The predicted octanol–water partition coefficient (Wildman–Crippen LogP) is 3.28. The second-order valence-corrected chi connectivity index (χ2v) is 7.72. The van der Waals surface area contributed by atoms with Gasteiger partial charge in [0.05, 0.1) is 18.8 Å². The Bertz CT molecular complexity index is 759. The Hall–Kier alpha value is -1.43. The molecule has 146 valence electrons. The number of aliphatic hydroxyl groups is 3. The third-order valence-corrected chi connectivity index (χ3v) is 5.86. The molecule has 5 heteroatoms. The van der Waals surface area contributed by atoms with Gasteiger partial charge < -0.3 is 20.1 Å². The first-order valence-corrected chi connectivity index (χ1v) is 9.81. The average Bonchev–Trinajstić information content (AvgIpc) is 2.69. The van der Waals surface area contributed by atoms with Gasteiger partial charge in [-0.05, 0) is 41.2 Å². The molecule has 1 aliphatic rings. The zero-order chi connectivity index (χ0) is 19.6. The molecule has 4 nitrogen and oxygen atoms in total. The molecule has 3 rings (SSSR count). The Balaban J connectivity index is 1.85. The minimum absolute atomic E-state index is 0.293. The van der Waals surface area contributed by atoms with Crippen LogP contribution in [0.15, 0.2) is 42.5 Å². The smallest absolute Gasteiger partial charge is 0.109 e. The maximum absolute atomic E-state index is 10.6. The van der Waals surface area contributed by atoms with Crippen molar-refractivity contribution >= 4 is 11.6 Å². The highest BCUT2D eigenvalue weighted by atomic mass is 35.5. The minimum atomic E-state index is -0.898. The molecule has 2 aromatic carbocycles. The van der Waals surface area contributed by atoms with Crippen molar-refractivity contribution < 1.29 is 20.1 Å². The molecule has 1 saturated heterocycles. The molecule has 0 amide bonds. The number of hydrogen-bond donors (Lipinski definition) is 3. The van der Waals surface area contributed by atoms with Crippen LogP contribution in [0, 0.1) is 5.92 Å². The van der Waals surface area contributed by atoms with Gasteiger partial charge in [0.1, 0.15) is 12.2 Å². The predicted molar refractivity (Wildman–Crippen MR) is 106 cm³/mol. The molecule has 0 aliphatic carbocycles. The zero-order valence-electron chi connectivity index (χ0n) is 15.7. The van der Waals surface area contributed by atoms with Gasteiger partial charge in [-0.2, -0.15) is 0 Å². The summed E-state index contributed by atoms with van der Waals surface area (Å²) in [5, 5.41) is 30.9. The third kappa shape index (κ3) is 4.36. The molecule has 0 bridgehead atoms. The number of halogens is 1. The van der Waals surface area contributed by atoms with Crippen LogP contribution in [0.1, 0.15) is 42.2 Å². The summed E-state index contributed by atoms with van der Waals surface area (Å²) in [4.78, 5) is 0. The van der Waals surface area contributed by atoms with Crippen LogP contribution in [0.4, 0.5) is 0 Å². The van der Waals surface area contributed by atoms with Crippen LogP contribution >= 0.6 is 11.6 Å². The van der Waals surface area contributed by atoms with Gasteiger partial charge in [-0.1, -0.05) is 61.8 Å². The summed E-state index contributed by atoms with van der Waals surface area (Å²) in [6.07, 6.45) is -1.40. The molecular weight excluding hydrogens is 364 g/mol. The van der Waals surface area contributed by atoms with Crippen LogP contribution in [0.3, 0.4) is 0 Å². The monoisotopic (exact) mass is 390 g/mol. The standard InChI is InChI=1S/C22H27ClO4/c1-3-14-4-6-15(7-5-14)10-17-11-16(8-9-18(17)23)22-21(26)13(2)20(25)19(12-24)27-22/h4-9,11,13,19-22,24-26H,3,10,12H2,1-2H3/t13-,19+,20-,21+,22?/m0/s1. The second kappa shape index (κ2) is 8.72. The van der Waals surface area contributed by atoms with Gasteiger partial charge in [-0.3, -0.25) is 0 Å². The van der Waals surface area contributed by atoms with E-state index in [1.807, 2.05) is 18.2 Å². The molecule has 1 fully saturated rings. The molecule has 3 N–H and O–H groups in total. The lowest BCUT2D eigenvalue weighted by Crippen LogP contribution is -2.50. The fraction of sp³-hybridized carbons (Fsp3) is 0.455. The van der Waals surface area contributed by atoms with Crippen LogP contribution in [0.25, 0.3) is 0 Å². The van der Waals surface area contributed by atoms with E-state index in [9.17, 15) is 15.3 Å². The van der Waals surface area contributed by atoms with E-state index in [0.29, 0.717) is 11.4 Å². The van der Waals surface area contributed by atoms with Crippen molar-refractivity contribution in [3.8, 4) is 0 Å². The van der Waals surface area contributed by atoms with Gasteiger partial charge in [0.15, 0.2) is 0 Å². The summed E-state index contributed by atoms with van der Waals surface area (Å²) in [7, 11) is 0. The summed E-state index contributed by atoms with van der Waals surface area (Å²) in [5.74, 6) is -0.401. The average molecular weight is 391 g/mol. The van der Waals surface area contributed by atoms with Crippen molar-refractivity contribution in [2.45, 2.75) is 51.1 Å². The molecular formula is C22H27ClO4. The maximum atomic E-state index is 10.6. The van der Waals surface area contributed by atoms with E-state index >= 15 is 0 Å². The van der Waals surface area contributed by atoms with Crippen LogP contribution in [0.5, 0.6) is 0 Å². The van der Waals surface area contributed by atoms with Crippen LogP contribution < -0.4 is 0 Å². The number of aliphatic hydroxyl groups excluding tert-OH is 3. The Morgan fingerprint density at radius 2 is 1.67 bits per heavy atom. The highest BCUT2D eigenvalue weighted by molar-refractivity contribution is 6.31. The van der Waals surface area contributed by atoms with Gasteiger partial charge in [0, 0.05) is 10.9 Å². The van der Waals surface area contributed by atoms with E-state index in [-0.39, 0.29) is 6.61 Å². The second-order valence-electron chi connectivity index (χ2n) is 7.32. The molecule has 0 aromatic heterocycles. The van der Waals surface area contributed by atoms with E-state index < -0.39 is 30.3 Å². The first-order chi connectivity index (χ1) is 12.9. The molecule has 1 aliphatic heterocycles. The minimum Gasteiger partial charge on any atom is -0.394 e. The van der Waals surface area contributed by atoms with Gasteiger partial charge in [0.25, 0.3) is 0 Å². The lowest BCUT2D eigenvalue weighted by molar-refractivity contribution is -0.207. The number of aryl methyl sites for hydroxylation is 1. The summed E-state index contributed by atoms with van der Waals surface area (Å²) >= 11 is 6.40. The van der Waals surface area contributed by atoms with Crippen LogP contribution in [-0.2, 0) is 17.6 Å². The van der Waals surface area contributed by atoms with Crippen molar-refractivity contribution in [3.05, 3.63) is 69.7 Å². The van der Waals surface area contributed by atoms with E-state index in [2.05, 4.69) is 31.2 Å². The number of benzene rings is 2. The molecule has 0 spiro atoms. The lowest BCUT2D eigenvalue weighted by atomic mass is 9.84. The van der Waals surface area contributed by atoms with Crippen LogP contribution in [0.2, 0.25) is 5.02 Å². The highest BCUT2D eigenvalue weighted by Gasteiger charge is 2.42. The Morgan fingerprint density at radius 3 is 2.30 bits per heavy atom. The Labute approximate surface area is 165 Å². The van der Waals surface area contributed by atoms with Gasteiger partial charge in [-0.25, -0.2) is 0 Å². The fourth-order valence-corrected chi connectivity index (χ4v) is 3.80. The van der Waals surface area contributed by atoms with E-state index in [1.165, 1.54) is 5.56 Å². The lowest BCUT2D eigenvalue weighted by Gasteiger charge is -2.41. The summed E-state index contributed by atoms with van der Waals surface area (Å²) in [6, 6.07) is 14.0. The maximum Gasteiger partial charge on any atom is 0.109 e. The first-order valence-electron chi connectivity index (χ1n) is 9.43. The van der Waals surface area contributed by atoms with Crippen molar-refractivity contribution in [1.29, 1.82) is 0 Å². The fourth-order valence-electron chi connectivity index (χ4n) is 3.61. The Morgan fingerprint density at radius 1 is 1.00 bits per heavy atom. The Kier molecular flexibility index (Phi) is 6.56.